The molecule has 0 radical (unpaired) electrons. The van der Waals surface area contributed by atoms with Gasteiger partial charge in [-0.1, -0.05) is 43.0 Å². The minimum atomic E-state index is 1.18. The Balaban J connectivity index is 4.25. The van der Waals surface area contributed by atoms with E-state index < -0.39 is 0 Å². The fourth-order valence-electron chi connectivity index (χ4n) is 0.688. The largest absolute Gasteiger partial charge is 0.0990 e. The summed E-state index contributed by atoms with van der Waals surface area (Å²) in [5.74, 6) is 0. The second kappa shape index (κ2) is 6.09. The first kappa shape index (κ1) is 8.96. The molecule has 0 saturated heterocycles. The highest BCUT2D eigenvalue weighted by atomic mass is 13.8. The zero-order valence-electron chi connectivity index (χ0n) is 6.67. The molecule has 0 heteroatoms. The van der Waals surface area contributed by atoms with Crippen LogP contribution in [0.2, 0.25) is 0 Å². The molecule has 0 atom stereocenters. The van der Waals surface area contributed by atoms with Gasteiger partial charge in [0.1, 0.15) is 0 Å². The van der Waals surface area contributed by atoms with Gasteiger partial charge in [-0.05, 0) is 19.4 Å². The summed E-state index contributed by atoms with van der Waals surface area (Å²) in [5.41, 5.74) is 1.18. The van der Waals surface area contributed by atoms with Crippen LogP contribution in [0.5, 0.6) is 0 Å². The molecule has 0 aromatic carbocycles. The van der Waals surface area contributed by atoms with Gasteiger partial charge in [0, 0.05) is 0 Å². The summed E-state index contributed by atoms with van der Waals surface area (Å²) >= 11 is 0. The van der Waals surface area contributed by atoms with E-state index in [1.165, 1.54) is 5.57 Å². The highest BCUT2D eigenvalue weighted by Crippen LogP contribution is 1.98. The fourth-order valence-corrected chi connectivity index (χ4v) is 0.688. The molecule has 10 heavy (non-hydrogen) atoms. The maximum atomic E-state index is 3.62. The Labute approximate surface area is 63.3 Å². The van der Waals surface area contributed by atoms with Crippen LogP contribution in [0.15, 0.2) is 48.6 Å². The van der Waals surface area contributed by atoms with Gasteiger partial charge in [0.25, 0.3) is 0 Å². The molecule has 54 valence electrons. The fraction of sp³-hybridized carbons (Fsp3) is 0.200. The van der Waals surface area contributed by atoms with Gasteiger partial charge < -0.3 is 0 Å². The molecule has 0 aromatic rings. The molecule has 0 aliphatic rings. The molecule has 0 heterocycles. The summed E-state index contributed by atoms with van der Waals surface area (Å²) in [6.45, 7) is 7.62. The van der Waals surface area contributed by atoms with Crippen molar-refractivity contribution in [1.29, 1.82) is 0 Å². The lowest BCUT2D eigenvalue weighted by molar-refractivity contribution is 1.60. The van der Waals surface area contributed by atoms with E-state index in [0.717, 1.165) is 0 Å². The van der Waals surface area contributed by atoms with Crippen molar-refractivity contribution in [1.82, 2.24) is 0 Å². The van der Waals surface area contributed by atoms with Crippen LogP contribution in [0, 0.1) is 0 Å². The van der Waals surface area contributed by atoms with Crippen LogP contribution in [0.1, 0.15) is 13.8 Å². The van der Waals surface area contributed by atoms with Crippen LogP contribution in [0.3, 0.4) is 0 Å². The van der Waals surface area contributed by atoms with Gasteiger partial charge in [-0.25, -0.2) is 0 Å². The molecule has 0 bridgehead atoms. The molecule has 0 unspecified atom stereocenters. The lowest BCUT2D eigenvalue weighted by atomic mass is 10.2. The van der Waals surface area contributed by atoms with Crippen LogP contribution in [-0.2, 0) is 0 Å². The van der Waals surface area contributed by atoms with Crippen molar-refractivity contribution in [2.24, 2.45) is 0 Å². The Morgan fingerprint density at radius 3 is 1.90 bits per heavy atom. The van der Waals surface area contributed by atoms with E-state index in [1.807, 2.05) is 44.2 Å². The number of allylic oxidation sites excluding steroid dienone is 7. The van der Waals surface area contributed by atoms with E-state index in [2.05, 4.69) is 6.58 Å². The number of rotatable bonds is 3. The van der Waals surface area contributed by atoms with E-state index >= 15 is 0 Å². The topological polar surface area (TPSA) is 0 Å². The third-order valence-corrected chi connectivity index (χ3v) is 1.03. The Bertz CT molecular complexity index is 154. The van der Waals surface area contributed by atoms with Gasteiger partial charge in [0.05, 0.1) is 0 Å². The molecule has 0 aromatic heterocycles. The highest BCUT2D eigenvalue weighted by molar-refractivity contribution is 5.32. The molecule has 0 N–H and O–H groups in total. The van der Waals surface area contributed by atoms with Crippen LogP contribution >= 0.6 is 0 Å². The standard InChI is InChI=1S/C10H14/c1-4-7-10(8-5-2)9-6-3/h4-9H,1H2,2-3H3/b8-5-,9-6+,10-7?. The monoisotopic (exact) mass is 134 g/mol. The van der Waals surface area contributed by atoms with Gasteiger partial charge in [0.2, 0.25) is 0 Å². The molecule has 0 saturated carbocycles. The summed E-state index contributed by atoms with van der Waals surface area (Å²) in [6, 6.07) is 0. The van der Waals surface area contributed by atoms with Crippen molar-refractivity contribution in [3.8, 4) is 0 Å². The van der Waals surface area contributed by atoms with Crippen LogP contribution in [0.4, 0.5) is 0 Å². The van der Waals surface area contributed by atoms with Gasteiger partial charge in [0.15, 0.2) is 0 Å². The quantitative estimate of drug-likeness (QED) is 0.520. The van der Waals surface area contributed by atoms with Crippen LogP contribution in [-0.4, -0.2) is 0 Å². The molecular weight excluding hydrogens is 120 g/mol. The molecule has 0 nitrogen and oxygen atoms in total. The van der Waals surface area contributed by atoms with Crippen LogP contribution < -0.4 is 0 Å². The smallest absolute Gasteiger partial charge is 0.0263 e. The first-order valence-electron chi connectivity index (χ1n) is 3.43. The Hall–Kier alpha value is -1.04. The predicted molar refractivity (Wildman–Crippen MR) is 47.9 cm³/mol. The number of hydrogen-bond donors (Lipinski definition) is 0. The molecule has 0 amide bonds. The molecule has 0 aliphatic carbocycles. The van der Waals surface area contributed by atoms with Gasteiger partial charge in [-0.2, -0.15) is 0 Å². The molecule has 0 spiro atoms. The van der Waals surface area contributed by atoms with Gasteiger partial charge >= 0.3 is 0 Å². The molecule has 0 rings (SSSR count). The Morgan fingerprint density at radius 2 is 1.60 bits per heavy atom. The zero-order chi connectivity index (χ0) is 7.82. The second-order valence-electron chi connectivity index (χ2n) is 1.90. The van der Waals surface area contributed by atoms with Gasteiger partial charge in [-0.3, -0.25) is 0 Å². The lowest BCUT2D eigenvalue weighted by Crippen LogP contribution is -1.67. The average Bonchev–Trinajstić information content (AvgIpc) is 1.90. The zero-order valence-corrected chi connectivity index (χ0v) is 6.67. The van der Waals surface area contributed by atoms with Crippen molar-refractivity contribution < 1.29 is 0 Å². The second-order valence-corrected chi connectivity index (χ2v) is 1.90. The summed E-state index contributed by atoms with van der Waals surface area (Å²) in [6.07, 6.45) is 11.9. The SMILES string of the molecule is C=CC=C(/C=C\C)/C=C/C. The minimum Gasteiger partial charge on any atom is -0.0990 e. The van der Waals surface area contributed by atoms with Crippen molar-refractivity contribution in [3.63, 3.8) is 0 Å². The summed E-state index contributed by atoms with van der Waals surface area (Å²) in [4.78, 5) is 0. The molecule has 0 fully saturated rings. The summed E-state index contributed by atoms with van der Waals surface area (Å²) < 4.78 is 0. The van der Waals surface area contributed by atoms with Crippen molar-refractivity contribution in [2.45, 2.75) is 13.8 Å². The highest BCUT2D eigenvalue weighted by Gasteiger charge is 1.78. The van der Waals surface area contributed by atoms with E-state index in [-0.39, 0.29) is 0 Å². The van der Waals surface area contributed by atoms with E-state index in [1.54, 1.807) is 6.08 Å². The molecular formula is C10H14. The Kier molecular flexibility index (Phi) is 5.45. The molecule has 0 aliphatic heterocycles. The first-order chi connectivity index (χ1) is 4.85. The Morgan fingerprint density at radius 1 is 1.10 bits per heavy atom. The normalized spacial score (nSPS) is 13.2. The maximum absolute atomic E-state index is 3.62. The van der Waals surface area contributed by atoms with E-state index in [0.29, 0.717) is 0 Å². The summed E-state index contributed by atoms with van der Waals surface area (Å²) in [7, 11) is 0. The number of hydrogen-bond acceptors (Lipinski definition) is 0. The van der Waals surface area contributed by atoms with Crippen LogP contribution in [0.25, 0.3) is 0 Å². The summed E-state index contributed by atoms with van der Waals surface area (Å²) in [5, 5.41) is 0. The van der Waals surface area contributed by atoms with Crippen molar-refractivity contribution in [2.75, 3.05) is 0 Å². The van der Waals surface area contributed by atoms with E-state index in [4.69, 9.17) is 0 Å². The van der Waals surface area contributed by atoms with Gasteiger partial charge in [-0.15, -0.1) is 0 Å². The third-order valence-electron chi connectivity index (χ3n) is 1.03. The minimum absolute atomic E-state index is 1.18. The predicted octanol–water partition coefficient (Wildman–Crippen LogP) is 3.25. The first-order valence-corrected chi connectivity index (χ1v) is 3.43. The maximum Gasteiger partial charge on any atom is -0.0263 e. The van der Waals surface area contributed by atoms with Crippen molar-refractivity contribution >= 4 is 0 Å². The van der Waals surface area contributed by atoms with E-state index in [9.17, 15) is 0 Å². The lowest BCUT2D eigenvalue weighted by Gasteiger charge is -1.87. The third kappa shape index (κ3) is 3.90. The average molecular weight is 134 g/mol. The van der Waals surface area contributed by atoms with Crippen molar-refractivity contribution in [3.05, 3.63) is 48.6 Å².